The number of aromatic nitrogens is 1. The fraction of sp³-hybridized carbons (Fsp3) is 0.667. The highest BCUT2D eigenvalue weighted by Crippen LogP contribution is 2.05. The fourth-order valence-electron chi connectivity index (χ4n) is 1.00. The largest absolute Gasteiger partial charge is 0.361 e. The van der Waals surface area contributed by atoms with Crippen LogP contribution in [0.25, 0.3) is 0 Å². The molecule has 92 valence electrons. The molecule has 0 bridgehead atoms. The Balaban J connectivity index is 2.46. The fourth-order valence-corrected chi connectivity index (χ4v) is 1.83. The van der Waals surface area contributed by atoms with Crippen LogP contribution in [0.4, 0.5) is 0 Å². The highest BCUT2D eigenvalue weighted by molar-refractivity contribution is 7.88. The smallest absolute Gasteiger partial charge is 0.239 e. The van der Waals surface area contributed by atoms with E-state index in [0.29, 0.717) is 18.1 Å². The van der Waals surface area contributed by atoms with Crippen molar-refractivity contribution in [1.82, 2.24) is 10.0 Å². The average molecular weight is 248 g/mol. The third-order valence-corrected chi connectivity index (χ3v) is 2.66. The molecule has 0 aliphatic carbocycles. The standard InChI is InChI=1S/C9H16N2O4S/c1-7(2)5-14-11-16(12,13)6-9-4-8(3)15-10-9/h4,7,11H,5-6H2,1-3H3. The van der Waals surface area contributed by atoms with Gasteiger partial charge in [-0.05, 0) is 12.8 Å². The zero-order valence-corrected chi connectivity index (χ0v) is 10.4. The van der Waals surface area contributed by atoms with Gasteiger partial charge in [0.05, 0.1) is 6.61 Å². The summed E-state index contributed by atoms with van der Waals surface area (Å²) in [7, 11) is -3.51. The molecule has 0 saturated carbocycles. The zero-order valence-electron chi connectivity index (χ0n) is 9.56. The Hall–Kier alpha value is -0.920. The molecule has 0 atom stereocenters. The van der Waals surface area contributed by atoms with Crippen molar-refractivity contribution in [2.45, 2.75) is 26.5 Å². The highest BCUT2D eigenvalue weighted by Gasteiger charge is 2.14. The minimum Gasteiger partial charge on any atom is -0.361 e. The van der Waals surface area contributed by atoms with Gasteiger partial charge in [0.2, 0.25) is 10.0 Å². The van der Waals surface area contributed by atoms with Gasteiger partial charge in [0.15, 0.2) is 0 Å². The molecular weight excluding hydrogens is 232 g/mol. The topological polar surface area (TPSA) is 81.4 Å². The summed E-state index contributed by atoms with van der Waals surface area (Å²) in [4.78, 5) is 6.88. The van der Waals surface area contributed by atoms with Crippen molar-refractivity contribution in [3.8, 4) is 0 Å². The normalized spacial score (nSPS) is 12.2. The second-order valence-corrected chi connectivity index (χ2v) is 5.66. The first kappa shape index (κ1) is 13.1. The van der Waals surface area contributed by atoms with Crippen LogP contribution in [0, 0.1) is 12.8 Å². The Bertz CT molecular complexity index is 424. The van der Waals surface area contributed by atoms with Crippen molar-refractivity contribution in [2.75, 3.05) is 6.61 Å². The quantitative estimate of drug-likeness (QED) is 0.759. The summed E-state index contributed by atoms with van der Waals surface area (Å²) >= 11 is 0. The van der Waals surface area contributed by atoms with Gasteiger partial charge >= 0.3 is 0 Å². The van der Waals surface area contributed by atoms with Crippen molar-refractivity contribution in [2.24, 2.45) is 5.92 Å². The second kappa shape index (κ2) is 5.42. The molecule has 0 unspecified atom stereocenters. The second-order valence-electron chi connectivity index (χ2n) is 3.98. The van der Waals surface area contributed by atoms with E-state index < -0.39 is 10.0 Å². The Morgan fingerprint density at radius 3 is 2.75 bits per heavy atom. The minimum atomic E-state index is -3.51. The van der Waals surface area contributed by atoms with Gasteiger partial charge in [-0.25, -0.2) is 8.42 Å². The molecule has 1 N–H and O–H groups in total. The number of rotatable bonds is 6. The lowest BCUT2D eigenvalue weighted by atomic mass is 10.2. The molecule has 16 heavy (non-hydrogen) atoms. The first-order valence-electron chi connectivity index (χ1n) is 4.92. The SMILES string of the molecule is Cc1cc(CS(=O)(=O)NOCC(C)C)no1. The number of nitrogens with zero attached hydrogens (tertiary/aromatic N) is 1. The van der Waals surface area contributed by atoms with E-state index in [2.05, 4.69) is 5.16 Å². The zero-order chi connectivity index (χ0) is 12.2. The van der Waals surface area contributed by atoms with Gasteiger partial charge in [-0.15, -0.1) is 0 Å². The van der Waals surface area contributed by atoms with Crippen LogP contribution in [0.3, 0.4) is 0 Å². The molecule has 1 rings (SSSR count). The summed E-state index contributed by atoms with van der Waals surface area (Å²) in [6, 6.07) is 1.57. The monoisotopic (exact) mass is 248 g/mol. The molecule has 7 heteroatoms. The first-order chi connectivity index (χ1) is 7.39. The Labute approximate surface area is 95.0 Å². The number of nitrogens with one attached hydrogen (secondary N) is 1. The van der Waals surface area contributed by atoms with Crippen LogP contribution in [-0.2, 0) is 20.6 Å². The van der Waals surface area contributed by atoms with Crippen molar-refractivity contribution in [1.29, 1.82) is 0 Å². The van der Waals surface area contributed by atoms with Gasteiger partial charge in [-0.2, -0.15) is 0 Å². The first-order valence-corrected chi connectivity index (χ1v) is 6.58. The molecule has 0 aromatic carbocycles. The Kier molecular flexibility index (Phi) is 4.45. The number of sulfonamides is 1. The van der Waals surface area contributed by atoms with Gasteiger partial charge in [-0.3, -0.25) is 4.84 Å². The maximum atomic E-state index is 11.5. The predicted molar refractivity (Wildman–Crippen MR) is 57.8 cm³/mol. The molecular formula is C9H16N2O4S. The molecule has 1 heterocycles. The molecule has 0 saturated heterocycles. The van der Waals surface area contributed by atoms with E-state index in [1.54, 1.807) is 13.0 Å². The molecule has 0 aliphatic rings. The van der Waals surface area contributed by atoms with Crippen molar-refractivity contribution >= 4 is 10.0 Å². The van der Waals surface area contributed by atoms with Crippen LogP contribution in [0.2, 0.25) is 0 Å². The lowest BCUT2D eigenvalue weighted by Crippen LogP contribution is -2.27. The van der Waals surface area contributed by atoms with E-state index >= 15 is 0 Å². The minimum absolute atomic E-state index is 0.248. The third-order valence-electron chi connectivity index (χ3n) is 1.62. The van der Waals surface area contributed by atoms with Gasteiger partial charge in [0, 0.05) is 6.07 Å². The summed E-state index contributed by atoms with van der Waals surface area (Å²) in [5, 5.41) is 3.59. The van der Waals surface area contributed by atoms with Gasteiger partial charge < -0.3 is 4.52 Å². The summed E-state index contributed by atoms with van der Waals surface area (Å²) < 4.78 is 27.7. The van der Waals surface area contributed by atoms with Crippen LogP contribution in [-0.4, -0.2) is 20.2 Å². The maximum absolute atomic E-state index is 11.5. The van der Waals surface area contributed by atoms with E-state index in [4.69, 9.17) is 9.36 Å². The summed E-state index contributed by atoms with van der Waals surface area (Å²) in [6.07, 6.45) is 0. The Morgan fingerprint density at radius 2 is 2.25 bits per heavy atom. The van der Waals surface area contributed by atoms with Crippen LogP contribution < -0.4 is 4.89 Å². The molecule has 0 aliphatic heterocycles. The molecule has 0 amide bonds. The molecule has 1 aromatic heterocycles. The van der Waals surface area contributed by atoms with E-state index in [9.17, 15) is 8.42 Å². The lowest BCUT2D eigenvalue weighted by molar-refractivity contribution is 0.0717. The number of aryl methyl sites for hydroxylation is 1. The Morgan fingerprint density at radius 1 is 1.56 bits per heavy atom. The summed E-state index contributed by atoms with van der Waals surface area (Å²) in [5.41, 5.74) is 0.359. The predicted octanol–water partition coefficient (Wildman–Crippen LogP) is 0.990. The molecule has 1 aromatic rings. The van der Waals surface area contributed by atoms with Gasteiger partial charge in [0.25, 0.3) is 0 Å². The number of hydrogen-bond acceptors (Lipinski definition) is 5. The molecule has 0 spiro atoms. The summed E-state index contributed by atoms with van der Waals surface area (Å²) in [6.45, 7) is 5.88. The average Bonchev–Trinajstić information content (AvgIpc) is 2.48. The van der Waals surface area contributed by atoms with Crippen molar-refractivity contribution < 1.29 is 17.8 Å². The molecule has 0 fully saturated rings. The van der Waals surface area contributed by atoms with Gasteiger partial charge in [-0.1, -0.05) is 23.9 Å². The van der Waals surface area contributed by atoms with Gasteiger partial charge in [0.1, 0.15) is 17.2 Å². The molecule has 6 nitrogen and oxygen atoms in total. The van der Waals surface area contributed by atoms with Crippen LogP contribution in [0.5, 0.6) is 0 Å². The van der Waals surface area contributed by atoms with E-state index in [-0.39, 0.29) is 11.7 Å². The highest BCUT2D eigenvalue weighted by atomic mass is 32.2. The third kappa shape index (κ3) is 4.73. The van der Waals surface area contributed by atoms with E-state index in [1.807, 2.05) is 18.7 Å². The van der Waals surface area contributed by atoms with Crippen molar-refractivity contribution in [3.63, 3.8) is 0 Å². The number of hydrogen-bond donors (Lipinski definition) is 1. The van der Waals surface area contributed by atoms with E-state index in [0.717, 1.165) is 0 Å². The van der Waals surface area contributed by atoms with Crippen LogP contribution in [0.1, 0.15) is 25.3 Å². The van der Waals surface area contributed by atoms with E-state index in [1.165, 1.54) is 0 Å². The lowest BCUT2D eigenvalue weighted by Gasteiger charge is -2.07. The summed E-state index contributed by atoms with van der Waals surface area (Å²) in [5.74, 6) is 0.591. The van der Waals surface area contributed by atoms with Crippen LogP contribution in [0.15, 0.2) is 10.6 Å². The van der Waals surface area contributed by atoms with Crippen LogP contribution >= 0.6 is 0 Å². The molecule has 0 radical (unpaired) electrons. The maximum Gasteiger partial charge on any atom is 0.239 e. The van der Waals surface area contributed by atoms with Crippen molar-refractivity contribution in [3.05, 3.63) is 17.5 Å².